The highest BCUT2D eigenvalue weighted by atomic mass is 19.1. The van der Waals surface area contributed by atoms with Gasteiger partial charge < -0.3 is 9.72 Å². The molecular formula is C17H16FN3O. The van der Waals surface area contributed by atoms with Crippen molar-refractivity contribution in [2.45, 2.75) is 13.3 Å². The second kappa shape index (κ2) is 5.97. The Morgan fingerprint density at radius 1 is 1.23 bits per heavy atom. The molecule has 0 saturated carbocycles. The number of nitrogens with zero attached hydrogens (tertiary/aromatic N) is 2. The van der Waals surface area contributed by atoms with E-state index < -0.39 is 11.7 Å². The number of fused-ring (bicyclic) bond motifs is 1. The lowest BCUT2D eigenvalue weighted by Gasteiger charge is -2.04. The van der Waals surface area contributed by atoms with E-state index in [0.29, 0.717) is 13.0 Å². The monoisotopic (exact) mass is 297 g/mol. The highest BCUT2D eigenvalue weighted by Gasteiger charge is 2.10. The van der Waals surface area contributed by atoms with Crippen LogP contribution in [0.15, 0.2) is 48.8 Å². The minimum absolute atomic E-state index is 0.0631. The van der Waals surface area contributed by atoms with Crippen LogP contribution in [0.5, 0.6) is 0 Å². The molecule has 4 nitrogen and oxygen atoms in total. The summed E-state index contributed by atoms with van der Waals surface area (Å²) in [4.78, 5) is 16.4. The van der Waals surface area contributed by atoms with E-state index in [1.807, 2.05) is 35.9 Å². The van der Waals surface area contributed by atoms with E-state index in [1.54, 1.807) is 12.1 Å². The number of benzene rings is 1. The zero-order chi connectivity index (χ0) is 15.5. The molecule has 0 fully saturated rings. The number of rotatable bonds is 4. The maximum atomic E-state index is 13.5. The summed E-state index contributed by atoms with van der Waals surface area (Å²) in [6.07, 6.45) is 4.54. The number of hydrogen-bond donors (Lipinski definition) is 1. The number of halogens is 1. The van der Waals surface area contributed by atoms with Gasteiger partial charge in [0.1, 0.15) is 11.5 Å². The van der Waals surface area contributed by atoms with Gasteiger partial charge in [0, 0.05) is 25.4 Å². The van der Waals surface area contributed by atoms with Gasteiger partial charge >= 0.3 is 0 Å². The van der Waals surface area contributed by atoms with Crippen LogP contribution in [-0.2, 0) is 6.42 Å². The number of carbonyl (C=O) groups is 1. The number of pyridine rings is 1. The number of nitrogens with one attached hydrogen (secondary N) is 1. The van der Waals surface area contributed by atoms with E-state index in [0.717, 1.165) is 16.9 Å². The van der Waals surface area contributed by atoms with Crippen LogP contribution in [0.2, 0.25) is 0 Å². The lowest BCUT2D eigenvalue weighted by Crippen LogP contribution is -2.26. The number of aryl methyl sites for hydroxylation is 1. The maximum Gasteiger partial charge on any atom is 0.254 e. The fourth-order valence-electron chi connectivity index (χ4n) is 2.32. The highest BCUT2D eigenvalue weighted by molar-refractivity contribution is 5.94. The minimum Gasteiger partial charge on any atom is -0.352 e. The van der Waals surface area contributed by atoms with Crippen molar-refractivity contribution in [1.29, 1.82) is 0 Å². The molecule has 112 valence electrons. The van der Waals surface area contributed by atoms with Crippen molar-refractivity contribution in [3.8, 4) is 0 Å². The van der Waals surface area contributed by atoms with Crippen molar-refractivity contribution < 1.29 is 9.18 Å². The molecule has 5 heteroatoms. The number of amides is 1. The Kier molecular flexibility index (Phi) is 3.87. The van der Waals surface area contributed by atoms with Crippen LogP contribution in [-0.4, -0.2) is 21.8 Å². The second-order valence-electron chi connectivity index (χ2n) is 5.19. The van der Waals surface area contributed by atoms with Crippen molar-refractivity contribution in [2.75, 3.05) is 6.54 Å². The summed E-state index contributed by atoms with van der Waals surface area (Å²) < 4.78 is 15.5. The summed E-state index contributed by atoms with van der Waals surface area (Å²) in [5.41, 5.74) is 2.98. The summed E-state index contributed by atoms with van der Waals surface area (Å²) in [6.45, 7) is 2.43. The molecule has 0 aliphatic heterocycles. The smallest absolute Gasteiger partial charge is 0.254 e. The van der Waals surface area contributed by atoms with E-state index in [2.05, 4.69) is 10.3 Å². The first kappa shape index (κ1) is 14.3. The minimum atomic E-state index is -0.511. The molecule has 0 unspecified atom stereocenters. The van der Waals surface area contributed by atoms with Crippen LogP contribution in [0.4, 0.5) is 4.39 Å². The average molecular weight is 297 g/mol. The number of imidazole rings is 1. The van der Waals surface area contributed by atoms with Gasteiger partial charge in [0.2, 0.25) is 0 Å². The zero-order valence-electron chi connectivity index (χ0n) is 12.2. The predicted octanol–water partition coefficient (Wildman–Crippen LogP) is 2.75. The van der Waals surface area contributed by atoms with Crippen LogP contribution in [0, 0.1) is 12.7 Å². The molecule has 2 aromatic heterocycles. The number of carbonyl (C=O) groups excluding carboxylic acids is 1. The quantitative estimate of drug-likeness (QED) is 0.805. The lowest BCUT2D eigenvalue weighted by molar-refractivity contribution is 0.0950. The third kappa shape index (κ3) is 2.98. The van der Waals surface area contributed by atoms with Gasteiger partial charge in [0.05, 0.1) is 11.3 Å². The SMILES string of the molecule is Cc1ccc2nc(CCNC(=O)c3ccccc3F)cn2c1. The summed E-state index contributed by atoms with van der Waals surface area (Å²) in [6, 6.07) is 9.91. The Hall–Kier alpha value is -2.69. The summed E-state index contributed by atoms with van der Waals surface area (Å²) in [7, 11) is 0. The Morgan fingerprint density at radius 2 is 2.05 bits per heavy atom. The summed E-state index contributed by atoms with van der Waals surface area (Å²) in [5, 5.41) is 2.72. The Balaban J connectivity index is 1.62. The van der Waals surface area contributed by atoms with Crippen LogP contribution in [0.1, 0.15) is 21.6 Å². The van der Waals surface area contributed by atoms with E-state index in [4.69, 9.17) is 0 Å². The fourth-order valence-corrected chi connectivity index (χ4v) is 2.32. The number of hydrogen-bond acceptors (Lipinski definition) is 2. The van der Waals surface area contributed by atoms with Gasteiger partial charge in [-0.05, 0) is 30.7 Å². The number of aromatic nitrogens is 2. The van der Waals surface area contributed by atoms with Crippen LogP contribution < -0.4 is 5.32 Å². The third-order valence-electron chi connectivity index (χ3n) is 3.43. The molecule has 0 radical (unpaired) electrons. The Morgan fingerprint density at radius 3 is 2.86 bits per heavy atom. The van der Waals surface area contributed by atoms with E-state index >= 15 is 0 Å². The zero-order valence-corrected chi connectivity index (χ0v) is 12.2. The van der Waals surface area contributed by atoms with Gasteiger partial charge in [0.15, 0.2) is 0 Å². The standard InChI is InChI=1S/C17H16FN3O/c1-12-6-7-16-20-13(11-21(16)10-12)8-9-19-17(22)14-4-2-3-5-15(14)18/h2-7,10-11H,8-9H2,1H3,(H,19,22). The molecule has 0 aliphatic rings. The molecule has 3 aromatic rings. The largest absolute Gasteiger partial charge is 0.352 e. The van der Waals surface area contributed by atoms with Crippen molar-refractivity contribution in [3.63, 3.8) is 0 Å². The van der Waals surface area contributed by atoms with Gasteiger partial charge in [-0.2, -0.15) is 0 Å². The molecule has 22 heavy (non-hydrogen) atoms. The summed E-state index contributed by atoms with van der Waals surface area (Å²) in [5.74, 6) is -0.916. The highest BCUT2D eigenvalue weighted by Crippen LogP contribution is 2.08. The predicted molar refractivity (Wildman–Crippen MR) is 82.4 cm³/mol. The van der Waals surface area contributed by atoms with Crippen LogP contribution in [0.25, 0.3) is 5.65 Å². The van der Waals surface area contributed by atoms with Crippen molar-refractivity contribution in [3.05, 3.63) is 71.4 Å². The Labute approximate surface area is 127 Å². The molecule has 0 spiro atoms. The molecule has 0 bridgehead atoms. The molecule has 1 N–H and O–H groups in total. The van der Waals surface area contributed by atoms with E-state index in [-0.39, 0.29) is 5.56 Å². The second-order valence-corrected chi connectivity index (χ2v) is 5.19. The van der Waals surface area contributed by atoms with Crippen molar-refractivity contribution in [1.82, 2.24) is 14.7 Å². The topological polar surface area (TPSA) is 46.4 Å². The first-order valence-electron chi connectivity index (χ1n) is 7.10. The van der Waals surface area contributed by atoms with Gasteiger partial charge in [-0.1, -0.05) is 18.2 Å². The molecule has 0 atom stereocenters. The van der Waals surface area contributed by atoms with E-state index in [1.165, 1.54) is 12.1 Å². The van der Waals surface area contributed by atoms with E-state index in [9.17, 15) is 9.18 Å². The molecule has 0 saturated heterocycles. The maximum absolute atomic E-state index is 13.5. The Bertz CT molecular complexity index is 826. The molecule has 3 rings (SSSR count). The summed E-state index contributed by atoms with van der Waals surface area (Å²) >= 11 is 0. The lowest BCUT2D eigenvalue weighted by atomic mass is 10.2. The van der Waals surface area contributed by atoms with Gasteiger partial charge in [-0.25, -0.2) is 9.37 Å². The normalized spacial score (nSPS) is 10.8. The van der Waals surface area contributed by atoms with Gasteiger partial charge in [-0.3, -0.25) is 4.79 Å². The third-order valence-corrected chi connectivity index (χ3v) is 3.43. The molecule has 1 amide bonds. The first-order chi connectivity index (χ1) is 10.6. The van der Waals surface area contributed by atoms with Crippen LogP contribution >= 0.6 is 0 Å². The van der Waals surface area contributed by atoms with Gasteiger partial charge in [-0.15, -0.1) is 0 Å². The fraction of sp³-hybridized carbons (Fsp3) is 0.176. The average Bonchev–Trinajstić information content (AvgIpc) is 2.89. The van der Waals surface area contributed by atoms with Crippen molar-refractivity contribution >= 4 is 11.6 Å². The molecule has 0 aliphatic carbocycles. The molecular weight excluding hydrogens is 281 g/mol. The first-order valence-corrected chi connectivity index (χ1v) is 7.10. The van der Waals surface area contributed by atoms with Crippen LogP contribution in [0.3, 0.4) is 0 Å². The molecule has 2 heterocycles. The van der Waals surface area contributed by atoms with Gasteiger partial charge in [0.25, 0.3) is 5.91 Å². The molecule has 1 aromatic carbocycles. The van der Waals surface area contributed by atoms with Crippen molar-refractivity contribution in [2.24, 2.45) is 0 Å².